The fourth-order valence-corrected chi connectivity index (χ4v) is 2.35. The first kappa shape index (κ1) is 26.1. The fourth-order valence-electron chi connectivity index (χ4n) is 2.35. The van der Waals surface area contributed by atoms with Gasteiger partial charge in [0, 0.05) is 26.2 Å². The summed E-state index contributed by atoms with van der Waals surface area (Å²) in [7, 11) is 0. The van der Waals surface area contributed by atoms with Gasteiger partial charge in [0.2, 0.25) is 5.91 Å². The van der Waals surface area contributed by atoms with Gasteiger partial charge in [-0.15, -0.1) is 0 Å². The molecule has 0 aliphatic carbocycles. The second-order valence-electron chi connectivity index (χ2n) is 6.31. The molecule has 0 saturated heterocycles. The van der Waals surface area contributed by atoms with Gasteiger partial charge in [-0.05, 0) is 32.6 Å². The third-order valence-corrected chi connectivity index (χ3v) is 3.74. The molecule has 5 N–H and O–H groups in total. The molecular formula is C18H33N3O7. The van der Waals surface area contributed by atoms with E-state index in [0.717, 1.165) is 0 Å². The van der Waals surface area contributed by atoms with Crippen molar-refractivity contribution >= 4 is 23.4 Å². The van der Waals surface area contributed by atoms with Crippen LogP contribution in [-0.4, -0.2) is 74.2 Å². The molecule has 0 fully saturated rings. The van der Waals surface area contributed by atoms with E-state index in [-0.39, 0.29) is 25.0 Å². The predicted molar refractivity (Wildman–Crippen MR) is 102 cm³/mol. The third-order valence-electron chi connectivity index (χ3n) is 3.74. The second kappa shape index (κ2) is 17.2. The van der Waals surface area contributed by atoms with Crippen molar-refractivity contribution in [1.82, 2.24) is 10.6 Å². The zero-order valence-electron chi connectivity index (χ0n) is 16.5. The van der Waals surface area contributed by atoms with E-state index in [9.17, 15) is 19.2 Å². The summed E-state index contributed by atoms with van der Waals surface area (Å²) in [6, 6.07) is -0.587. The minimum Gasteiger partial charge on any atom is -0.481 e. The van der Waals surface area contributed by atoms with Crippen LogP contribution in [0.15, 0.2) is 0 Å². The molecule has 0 radical (unpaired) electrons. The largest absolute Gasteiger partial charge is 0.481 e. The van der Waals surface area contributed by atoms with E-state index in [1.807, 2.05) is 0 Å². The van der Waals surface area contributed by atoms with Gasteiger partial charge in [-0.2, -0.15) is 0 Å². The Bertz CT molecular complexity index is 486. The smallest absolute Gasteiger partial charge is 0.310 e. The molecule has 0 aromatic carbocycles. The van der Waals surface area contributed by atoms with Gasteiger partial charge in [0.1, 0.15) is 18.8 Å². The number of hydrogen-bond donors (Lipinski definition) is 4. The summed E-state index contributed by atoms with van der Waals surface area (Å²) in [5.41, 5.74) is 5.37. The highest BCUT2D eigenvalue weighted by Crippen LogP contribution is 2.04. The summed E-state index contributed by atoms with van der Waals surface area (Å²) in [6.07, 6.45) is 2.38. The molecule has 0 aliphatic rings. The first-order valence-corrected chi connectivity index (χ1v) is 9.46. The quantitative estimate of drug-likeness (QED) is 0.128. The molecule has 0 aromatic heterocycles. The van der Waals surface area contributed by atoms with Crippen LogP contribution in [-0.2, 0) is 28.7 Å². The molecule has 1 amide bonds. The van der Waals surface area contributed by atoms with Crippen LogP contribution in [0.25, 0.3) is 0 Å². The molecule has 0 heterocycles. The van der Waals surface area contributed by atoms with Crippen LogP contribution < -0.4 is 16.4 Å². The highest BCUT2D eigenvalue weighted by atomic mass is 16.5. The summed E-state index contributed by atoms with van der Waals surface area (Å²) < 4.78 is 10.5. The normalized spacial score (nSPS) is 11.8. The molecule has 10 heteroatoms. The Hall–Kier alpha value is -1.88. The second-order valence-corrected chi connectivity index (χ2v) is 6.31. The first-order chi connectivity index (χ1) is 13.4. The van der Waals surface area contributed by atoms with E-state index in [1.165, 1.54) is 6.92 Å². The van der Waals surface area contributed by atoms with Crippen LogP contribution in [0, 0.1) is 0 Å². The monoisotopic (exact) mass is 403 g/mol. The summed E-state index contributed by atoms with van der Waals surface area (Å²) in [5.74, 6) is -1.67. The number of ether oxygens (including phenoxy) is 2. The number of carbonyl (C=O) groups is 4. The van der Waals surface area contributed by atoms with Gasteiger partial charge < -0.3 is 30.4 Å². The van der Waals surface area contributed by atoms with Crippen LogP contribution >= 0.6 is 0 Å². The average Bonchev–Trinajstić information content (AvgIpc) is 2.61. The molecule has 1 atom stereocenters. The Balaban J connectivity index is 3.65. The maximum absolute atomic E-state index is 11.8. The standard InChI is InChI=1S/C18H33N3O7/c1-14(22)5-4-8-27-9-10-28-12-17(24)20-7-3-2-6-15(21-13-19)16(23)11-18(25)26/h15,21H,2-13,19H2,1H3,(H,20,24)(H,25,26)/t15-/m0/s1. The van der Waals surface area contributed by atoms with Crippen LogP contribution in [0.5, 0.6) is 0 Å². The molecule has 0 saturated carbocycles. The Kier molecular flexibility index (Phi) is 16.1. The Morgan fingerprint density at radius 3 is 2.39 bits per heavy atom. The number of carbonyl (C=O) groups excluding carboxylic acids is 3. The number of amides is 1. The zero-order chi connectivity index (χ0) is 21.2. The maximum Gasteiger partial charge on any atom is 0.310 e. The molecule has 0 bridgehead atoms. The molecule has 0 aliphatic heterocycles. The van der Waals surface area contributed by atoms with Gasteiger partial charge >= 0.3 is 5.97 Å². The summed E-state index contributed by atoms with van der Waals surface area (Å²) in [4.78, 5) is 44.7. The molecule has 10 nitrogen and oxygen atoms in total. The lowest BCUT2D eigenvalue weighted by Gasteiger charge is -2.15. The van der Waals surface area contributed by atoms with Crippen molar-refractivity contribution in [2.75, 3.05) is 39.6 Å². The zero-order valence-corrected chi connectivity index (χ0v) is 16.5. The minimum atomic E-state index is -1.16. The summed E-state index contributed by atoms with van der Waals surface area (Å²) in [5, 5.41) is 14.2. The van der Waals surface area contributed by atoms with Gasteiger partial charge in [0.25, 0.3) is 0 Å². The minimum absolute atomic E-state index is 0.0642. The Morgan fingerprint density at radius 1 is 1.04 bits per heavy atom. The molecule has 0 unspecified atom stereocenters. The Morgan fingerprint density at radius 2 is 1.75 bits per heavy atom. The number of unbranched alkanes of at least 4 members (excludes halogenated alkanes) is 1. The van der Waals surface area contributed by atoms with Crippen molar-refractivity contribution < 1.29 is 33.8 Å². The van der Waals surface area contributed by atoms with Crippen molar-refractivity contribution in [3.05, 3.63) is 0 Å². The van der Waals surface area contributed by atoms with Crippen molar-refractivity contribution in [3.63, 3.8) is 0 Å². The number of nitrogens with two attached hydrogens (primary N) is 1. The average molecular weight is 403 g/mol. The third kappa shape index (κ3) is 16.3. The number of ketones is 2. The fraction of sp³-hybridized carbons (Fsp3) is 0.778. The van der Waals surface area contributed by atoms with Gasteiger partial charge in [-0.3, -0.25) is 19.7 Å². The molecule has 28 heavy (non-hydrogen) atoms. The molecule has 0 spiro atoms. The topological polar surface area (TPSA) is 157 Å². The number of carboxylic acids is 1. The number of Topliss-reactive ketones (excluding diaryl/α,β-unsaturated/α-hetero) is 2. The number of hydrogen-bond acceptors (Lipinski definition) is 8. The van der Waals surface area contributed by atoms with Crippen LogP contribution in [0.2, 0.25) is 0 Å². The lowest BCUT2D eigenvalue weighted by molar-refractivity contribution is -0.140. The molecule has 0 aromatic rings. The van der Waals surface area contributed by atoms with E-state index in [4.69, 9.17) is 20.3 Å². The number of nitrogens with one attached hydrogen (secondary N) is 2. The predicted octanol–water partition coefficient (Wildman–Crippen LogP) is -0.406. The molecule has 0 rings (SSSR count). The van der Waals surface area contributed by atoms with E-state index in [1.54, 1.807) is 0 Å². The van der Waals surface area contributed by atoms with Crippen LogP contribution in [0.4, 0.5) is 0 Å². The van der Waals surface area contributed by atoms with Gasteiger partial charge in [0.15, 0.2) is 5.78 Å². The van der Waals surface area contributed by atoms with Gasteiger partial charge in [-0.1, -0.05) is 0 Å². The summed E-state index contributed by atoms with van der Waals surface area (Å²) >= 11 is 0. The van der Waals surface area contributed by atoms with E-state index in [0.29, 0.717) is 58.5 Å². The summed E-state index contributed by atoms with van der Waals surface area (Å²) in [6.45, 7) is 3.15. The van der Waals surface area contributed by atoms with Crippen molar-refractivity contribution in [2.24, 2.45) is 5.73 Å². The maximum atomic E-state index is 11.8. The SMILES string of the molecule is CC(=O)CCCOCCOCC(=O)NCCCC[C@H](NCN)C(=O)CC(=O)O. The van der Waals surface area contributed by atoms with Gasteiger partial charge in [-0.25, -0.2) is 0 Å². The van der Waals surface area contributed by atoms with E-state index < -0.39 is 24.2 Å². The molecule has 162 valence electrons. The van der Waals surface area contributed by atoms with Crippen LogP contribution in [0.1, 0.15) is 45.4 Å². The lowest BCUT2D eigenvalue weighted by Crippen LogP contribution is -2.41. The number of aliphatic carboxylic acids is 1. The van der Waals surface area contributed by atoms with Crippen LogP contribution in [0.3, 0.4) is 0 Å². The van der Waals surface area contributed by atoms with Gasteiger partial charge in [0.05, 0.1) is 19.3 Å². The van der Waals surface area contributed by atoms with E-state index >= 15 is 0 Å². The number of rotatable bonds is 19. The highest BCUT2D eigenvalue weighted by Gasteiger charge is 2.19. The Labute approximate surface area is 165 Å². The van der Waals surface area contributed by atoms with E-state index in [2.05, 4.69) is 10.6 Å². The van der Waals surface area contributed by atoms with Crippen molar-refractivity contribution in [1.29, 1.82) is 0 Å². The highest BCUT2D eigenvalue weighted by molar-refractivity contribution is 5.97. The van der Waals surface area contributed by atoms with Crippen molar-refractivity contribution in [3.8, 4) is 0 Å². The van der Waals surface area contributed by atoms with Crippen molar-refractivity contribution in [2.45, 2.75) is 51.5 Å². The lowest BCUT2D eigenvalue weighted by atomic mass is 10.0. The first-order valence-electron chi connectivity index (χ1n) is 9.46. The molecular weight excluding hydrogens is 370 g/mol. The number of carboxylic acid groups (broad SMARTS) is 1.